The second-order valence-corrected chi connectivity index (χ2v) is 5.64. The van der Waals surface area contributed by atoms with Gasteiger partial charge in [-0.15, -0.1) is 0 Å². The summed E-state index contributed by atoms with van der Waals surface area (Å²) >= 11 is 6.22. The van der Waals surface area contributed by atoms with E-state index in [2.05, 4.69) is 15.2 Å². The molecule has 2 aliphatic rings. The Morgan fingerprint density at radius 1 is 1.35 bits per heavy atom. The van der Waals surface area contributed by atoms with Crippen LogP contribution in [0.3, 0.4) is 0 Å². The summed E-state index contributed by atoms with van der Waals surface area (Å²) in [6.45, 7) is 4.18. The highest BCUT2D eigenvalue weighted by Gasteiger charge is 2.35. The van der Waals surface area contributed by atoms with Crippen LogP contribution in [0.25, 0.3) is 0 Å². The van der Waals surface area contributed by atoms with Crippen LogP contribution in [0.5, 0.6) is 0 Å². The molecular formula is C14H19ClN4O. The molecule has 2 aliphatic heterocycles. The highest BCUT2D eigenvalue weighted by molar-refractivity contribution is 6.33. The van der Waals surface area contributed by atoms with Crippen LogP contribution in [0.4, 0.5) is 5.82 Å². The van der Waals surface area contributed by atoms with Gasteiger partial charge in [-0.25, -0.2) is 4.98 Å². The van der Waals surface area contributed by atoms with Crippen molar-refractivity contribution in [2.24, 2.45) is 0 Å². The molecule has 2 saturated heterocycles. The van der Waals surface area contributed by atoms with Crippen molar-refractivity contribution >= 4 is 23.3 Å². The zero-order valence-corrected chi connectivity index (χ0v) is 12.1. The summed E-state index contributed by atoms with van der Waals surface area (Å²) in [6, 6.07) is 3.53. The number of anilines is 1. The van der Waals surface area contributed by atoms with Crippen LogP contribution < -0.4 is 10.2 Å². The molecule has 1 atom stereocenters. The molecule has 0 saturated carbocycles. The van der Waals surface area contributed by atoms with Gasteiger partial charge in [0.05, 0.1) is 5.02 Å². The Kier molecular flexibility index (Phi) is 4.08. The second-order valence-electron chi connectivity index (χ2n) is 5.24. The highest BCUT2D eigenvalue weighted by Crippen LogP contribution is 2.30. The summed E-state index contributed by atoms with van der Waals surface area (Å²) < 4.78 is 0. The van der Waals surface area contributed by atoms with E-state index in [1.54, 1.807) is 6.20 Å². The maximum Gasteiger partial charge on any atom is 0.245 e. The molecule has 2 fully saturated rings. The number of nitrogens with zero attached hydrogens (tertiary/aromatic N) is 3. The quantitative estimate of drug-likeness (QED) is 0.888. The number of carbonyl (C=O) groups excluding carboxylic acids is 1. The minimum absolute atomic E-state index is 0.111. The van der Waals surface area contributed by atoms with Gasteiger partial charge in [0.1, 0.15) is 11.9 Å². The standard InChI is InChI=1S/C14H19ClN4O/c15-11-3-1-5-17-13(11)19-8-2-4-12(19)14(20)18-9-6-16-7-10-18/h1,3,5,12,16H,2,4,6-10H2. The minimum atomic E-state index is -0.111. The summed E-state index contributed by atoms with van der Waals surface area (Å²) in [7, 11) is 0. The van der Waals surface area contributed by atoms with E-state index in [9.17, 15) is 4.79 Å². The molecule has 1 aromatic heterocycles. The Balaban J connectivity index is 1.78. The number of aromatic nitrogens is 1. The van der Waals surface area contributed by atoms with Crippen LogP contribution in [-0.4, -0.2) is 54.6 Å². The fourth-order valence-electron chi connectivity index (χ4n) is 2.96. The number of piperazine rings is 1. The Morgan fingerprint density at radius 2 is 2.15 bits per heavy atom. The Bertz CT molecular complexity index is 490. The average Bonchev–Trinajstić information content (AvgIpc) is 2.97. The number of halogens is 1. The minimum Gasteiger partial charge on any atom is -0.343 e. The predicted molar refractivity (Wildman–Crippen MR) is 79.1 cm³/mol. The topological polar surface area (TPSA) is 48.5 Å². The Hall–Kier alpha value is -1.33. The van der Waals surface area contributed by atoms with Gasteiger partial charge in [0.2, 0.25) is 5.91 Å². The van der Waals surface area contributed by atoms with Crippen LogP contribution in [-0.2, 0) is 4.79 Å². The number of hydrogen-bond acceptors (Lipinski definition) is 4. The van der Waals surface area contributed by atoms with Crippen LogP contribution >= 0.6 is 11.6 Å². The zero-order valence-electron chi connectivity index (χ0n) is 11.4. The van der Waals surface area contributed by atoms with E-state index < -0.39 is 0 Å². The number of amides is 1. The van der Waals surface area contributed by atoms with Crippen molar-refractivity contribution < 1.29 is 4.79 Å². The summed E-state index contributed by atoms with van der Waals surface area (Å²) in [5, 5.41) is 3.89. The van der Waals surface area contributed by atoms with Crippen molar-refractivity contribution in [1.82, 2.24) is 15.2 Å². The van der Waals surface area contributed by atoms with Crippen LogP contribution in [0.1, 0.15) is 12.8 Å². The first-order valence-electron chi connectivity index (χ1n) is 7.14. The third-order valence-electron chi connectivity index (χ3n) is 3.98. The molecule has 0 radical (unpaired) electrons. The van der Waals surface area contributed by atoms with Crippen molar-refractivity contribution in [1.29, 1.82) is 0 Å². The van der Waals surface area contributed by atoms with Gasteiger partial charge in [-0.1, -0.05) is 11.6 Å². The molecule has 0 aromatic carbocycles. The van der Waals surface area contributed by atoms with Gasteiger partial charge in [0.25, 0.3) is 0 Å². The average molecular weight is 295 g/mol. The maximum atomic E-state index is 12.7. The fraction of sp³-hybridized carbons (Fsp3) is 0.571. The second kappa shape index (κ2) is 5.97. The van der Waals surface area contributed by atoms with Crippen molar-refractivity contribution in [3.63, 3.8) is 0 Å². The predicted octanol–water partition coefficient (Wildman–Crippen LogP) is 1.14. The highest BCUT2D eigenvalue weighted by atomic mass is 35.5. The van der Waals surface area contributed by atoms with Gasteiger partial charge in [-0.3, -0.25) is 4.79 Å². The molecule has 6 heteroatoms. The van der Waals surface area contributed by atoms with E-state index >= 15 is 0 Å². The molecule has 1 aromatic rings. The van der Waals surface area contributed by atoms with Gasteiger partial charge in [-0.05, 0) is 25.0 Å². The lowest BCUT2D eigenvalue weighted by atomic mass is 10.1. The van der Waals surface area contributed by atoms with Gasteiger partial charge < -0.3 is 15.1 Å². The van der Waals surface area contributed by atoms with Gasteiger partial charge in [-0.2, -0.15) is 0 Å². The van der Waals surface area contributed by atoms with E-state index in [0.29, 0.717) is 5.02 Å². The van der Waals surface area contributed by atoms with Crippen LogP contribution in [0.15, 0.2) is 18.3 Å². The van der Waals surface area contributed by atoms with E-state index in [0.717, 1.165) is 51.4 Å². The Labute approximate surface area is 123 Å². The zero-order chi connectivity index (χ0) is 13.9. The molecule has 20 heavy (non-hydrogen) atoms. The lowest BCUT2D eigenvalue weighted by Crippen LogP contribution is -2.52. The lowest BCUT2D eigenvalue weighted by Gasteiger charge is -2.33. The molecule has 0 spiro atoms. The first kappa shape index (κ1) is 13.6. The van der Waals surface area contributed by atoms with E-state index in [4.69, 9.17) is 11.6 Å². The monoisotopic (exact) mass is 294 g/mol. The fourth-order valence-corrected chi connectivity index (χ4v) is 3.19. The van der Waals surface area contributed by atoms with E-state index in [1.807, 2.05) is 17.0 Å². The maximum absolute atomic E-state index is 12.7. The molecule has 0 aliphatic carbocycles. The first-order chi connectivity index (χ1) is 9.77. The lowest BCUT2D eigenvalue weighted by molar-refractivity contribution is -0.133. The van der Waals surface area contributed by atoms with Gasteiger partial charge >= 0.3 is 0 Å². The SMILES string of the molecule is O=C(C1CCCN1c1ncccc1Cl)N1CCNCC1. The molecule has 108 valence electrons. The molecular weight excluding hydrogens is 276 g/mol. The van der Waals surface area contributed by atoms with E-state index in [1.165, 1.54) is 0 Å². The molecule has 1 unspecified atom stereocenters. The third kappa shape index (κ3) is 2.60. The normalized spacial score (nSPS) is 23.1. The van der Waals surface area contributed by atoms with Crippen LogP contribution in [0, 0.1) is 0 Å². The van der Waals surface area contributed by atoms with Crippen molar-refractivity contribution in [2.75, 3.05) is 37.6 Å². The van der Waals surface area contributed by atoms with Crippen molar-refractivity contribution in [3.8, 4) is 0 Å². The summed E-state index contributed by atoms with van der Waals surface area (Å²) in [5.74, 6) is 0.950. The molecule has 3 rings (SSSR count). The summed E-state index contributed by atoms with van der Waals surface area (Å²) in [6.07, 6.45) is 3.62. The first-order valence-corrected chi connectivity index (χ1v) is 7.52. The molecule has 1 N–H and O–H groups in total. The third-order valence-corrected chi connectivity index (χ3v) is 4.27. The molecule has 5 nitrogen and oxygen atoms in total. The summed E-state index contributed by atoms with van der Waals surface area (Å²) in [5.41, 5.74) is 0. The number of nitrogens with one attached hydrogen (secondary N) is 1. The molecule has 0 bridgehead atoms. The van der Waals surface area contributed by atoms with Crippen LogP contribution in [0.2, 0.25) is 5.02 Å². The number of carbonyl (C=O) groups is 1. The van der Waals surface area contributed by atoms with Gasteiger partial charge in [0, 0.05) is 38.9 Å². The van der Waals surface area contributed by atoms with E-state index in [-0.39, 0.29) is 11.9 Å². The number of pyridine rings is 1. The molecule has 3 heterocycles. The number of rotatable bonds is 2. The number of hydrogen-bond donors (Lipinski definition) is 1. The van der Waals surface area contributed by atoms with Gasteiger partial charge in [0.15, 0.2) is 0 Å². The van der Waals surface area contributed by atoms with Crippen molar-refractivity contribution in [3.05, 3.63) is 23.4 Å². The van der Waals surface area contributed by atoms with Crippen molar-refractivity contribution in [2.45, 2.75) is 18.9 Å². The molecule has 1 amide bonds. The smallest absolute Gasteiger partial charge is 0.245 e. The largest absolute Gasteiger partial charge is 0.343 e. The Morgan fingerprint density at radius 3 is 2.90 bits per heavy atom. The summed E-state index contributed by atoms with van der Waals surface area (Å²) in [4.78, 5) is 21.0.